The summed E-state index contributed by atoms with van der Waals surface area (Å²) in [7, 11) is 0. The summed E-state index contributed by atoms with van der Waals surface area (Å²) in [5.41, 5.74) is 9.16. The third-order valence-electron chi connectivity index (χ3n) is 5.57. The first-order chi connectivity index (χ1) is 17.1. The first kappa shape index (κ1) is 24.9. The number of carboxylic acid groups (broad SMARTS) is 1. The Kier molecular flexibility index (Phi) is 6.77. The molecule has 8 nitrogen and oxygen atoms in total. The van der Waals surface area contributed by atoms with E-state index in [0.29, 0.717) is 23.3 Å². The van der Waals surface area contributed by atoms with Gasteiger partial charge in [0.05, 0.1) is 16.7 Å². The van der Waals surface area contributed by atoms with Gasteiger partial charge in [-0.25, -0.2) is 19.3 Å². The fourth-order valence-corrected chi connectivity index (χ4v) is 3.97. The van der Waals surface area contributed by atoms with Gasteiger partial charge >= 0.3 is 6.18 Å². The summed E-state index contributed by atoms with van der Waals surface area (Å²) in [5.74, 6) is -1.58. The Balaban J connectivity index is 0.000000384. The minimum absolute atomic E-state index is 0.112. The van der Waals surface area contributed by atoms with Crippen LogP contribution in [-0.4, -0.2) is 31.7 Å². The standard InChI is InChI=1S/C22H20FN5O.C2HF3O2/c1-2-28-18-11-14(16-9-10-25-22(24)27-16)15(23)12-17(18)26-21(28)20-8-7-13-5-3-4-6-19(13)29-20;3-2(4,5)1(6)7/h3-6,9-12,20H,2,7-8H2,1H3,(H2,24,25,27);(H,6,7)/p-1. The summed E-state index contributed by atoms with van der Waals surface area (Å²) < 4.78 is 54.7. The molecule has 1 aliphatic heterocycles. The number of aryl methyl sites for hydroxylation is 2. The molecule has 0 bridgehead atoms. The molecule has 2 N–H and O–H groups in total. The molecular weight excluding hydrogens is 482 g/mol. The van der Waals surface area contributed by atoms with E-state index in [1.807, 2.05) is 25.1 Å². The van der Waals surface area contributed by atoms with Crippen LogP contribution in [-0.2, 0) is 17.8 Å². The van der Waals surface area contributed by atoms with Crippen LogP contribution in [0.4, 0.5) is 23.5 Å². The number of hydrogen-bond donors (Lipinski definition) is 1. The Labute approximate surface area is 202 Å². The summed E-state index contributed by atoms with van der Waals surface area (Å²) in [6, 6.07) is 12.9. The third kappa shape index (κ3) is 5.07. The summed E-state index contributed by atoms with van der Waals surface area (Å²) in [6.07, 6.45) is -2.08. The first-order valence-electron chi connectivity index (χ1n) is 10.9. The Bertz CT molecular complexity index is 1420. The number of nitrogen functional groups attached to an aromatic ring is 1. The van der Waals surface area contributed by atoms with E-state index >= 15 is 0 Å². The minimum atomic E-state index is -5.19. The molecule has 1 aliphatic rings. The second-order valence-electron chi connectivity index (χ2n) is 7.87. The molecule has 5 rings (SSSR count). The Morgan fingerprint density at radius 3 is 2.61 bits per heavy atom. The molecule has 0 spiro atoms. The Morgan fingerprint density at radius 2 is 1.94 bits per heavy atom. The number of benzene rings is 2. The van der Waals surface area contributed by atoms with Gasteiger partial charge < -0.3 is 24.9 Å². The van der Waals surface area contributed by atoms with Gasteiger partial charge in [-0.2, -0.15) is 13.2 Å². The number of ether oxygens (including phenoxy) is 1. The van der Waals surface area contributed by atoms with Gasteiger partial charge in [0.15, 0.2) is 11.9 Å². The van der Waals surface area contributed by atoms with Crippen molar-refractivity contribution in [3.05, 3.63) is 65.9 Å². The van der Waals surface area contributed by atoms with Gasteiger partial charge in [0, 0.05) is 24.4 Å². The zero-order valence-electron chi connectivity index (χ0n) is 18.9. The van der Waals surface area contributed by atoms with Crippen LogP contribution in [0, 0.1) is 5.82 Å². The van der Waals surface area contributed by atoms with Gasteiger partial charge in [-0.1, -0.05) is 18.2 Å². The predicted molar refractivity (Wildman–Crippen MR) is 120 cm³/mol. The number of rotatable bonds is 3. The van der Waals surface area contributed by atoms with E-state index in [0.717, 1.165) is 29.9 Å². The van der Waals surface area contributed by atoms with Gasteiger partial charge in [0.25, 0.3) is 0 Å². The topological polar surface area (TPSA) is 119 Å². The number of halogens is 4. The quantitative estimate of drug-likeness (QED) is 0.425. The highest BCUT2D eigenvalue weighted by molar-refractivity contribution is 5.82. The molecule has 4 aromatic rings. The summed E-state index contributed by atoms with van der Waals surface area (Å²) in [4.78, 5) is 21.6. The zero-order chi connectivity index (χ0) is 26.0. The number of para-hydroxylation sites is 1. The molecule has 1 atom stereocenters. The highest BCUT2D eigenvalue weighted by atomic mass is 19.4. The van der Waals surface area contributed by atoms with Crippen molar-refractivity contribution in [2.45, 2.75) is 38.6 Å². The number of carbonyl (C=O) groups is 1. The number of alkyl halides is 3. The lowest BCUT2D eigenvalue weighted by molar-refractivity contribution is -0.344. The van der Waals surface area contributed by atoms with Gasteiger partial charge in [0.1, 0.15) is 17.5 Å². The highest BCUT2D eigenvalue weighted by Crippen LogP contribution is 2.36. The average Bonchev–Trinajstić information content (AvgIpc) is 3.20. The number of hydrogen-bond acceptors (Lipinski definition) is 7. The second kappa shape index (κ2) is 9.80. The molecule has 12 heteroatoms. The van der Waals surface area contributed by atoms with Crippen LogP contribution in [0.5, 0.6) is 5.75 Å². The maximum absolute atomic E-state index is 14.8. The molecule has 3 heterocycles. The number of nitrogens with zero attached hydrogens (tertiary/aromatic N) is 4. The van der Waals surface area contributed by atoms with Crippen LogP contribution in [0.3, 0.4) is 0 Å². The van der Waals surface area contributed by atoms with Crippen LogP contribution in [0.1, 0.15) is 30.8 Å². The number of aromatic nitrogens is 4. The van der Waals surface area contributed by atoms with Gasteiger partial charge in [-0.15, -0.1) is 0 Å². The maximum atomic E-state index is 14.8. The number of anilines is 1. The summed E-state index contributed by atoms with van der Waals surface area (Å²) >= 11 is 0. The van der Waals surface area contributed by atoms with Crippen molar-refractivity contribution in [2.75, 3.05) is 5.73 Å². The lowest BCUT2D eigenvalue weighted by atomic mass is 10.0. The molecule has 1 unspecified atom stereocenters. The Hall–Kier alpha value is -4.22. The van der Waals surface area contributed by atoms with Crippen molar-refractivity contribution in [2.24, 2.45) is 0 Å². The fraction of sp³-hybridized carbons (Fsp3) is 0.250. The molecule has 188 valence electrons. The number of nitrogens with two attached hydrogens (primary N) is 1. The smallest absolute Gasteiger partial charge is 0.430 e. The summed E-state index contributed by atoms with van der Waals surface area (Å²) in [5, 5.41) is 8.78. The van der Waals surface area contributed by atoms with Crippen LogP contribution in [0.15, 0.2) is 48.7 Å². The molecule has 0 saturated heterocycles. The van der Waals surface area contributed by atoms with Crippen molar-refractivity contribution >= 4 is 23.0 Å². The van der Waals surface area contributed by atoms with E-state index in [-0.39, 0.29) is 12.1 Å². The second-order valence-corrected chi connectivity index (χ2v) is 7.87. The van der Waals surface area contributed by atoms with E-state index in [9.17, 15) is 17.6 Å². The van der Waals surface area contributed by atoms with Crippen LogP contribution >= 0.6 is 0 Å². The fourth-order valence-electron chi connectivity index (χ4n) is 3.97. The van der Waals surface area contributed by atoms with Crippen molar-refractivity contribution in [3.63, 3.8) is 0 Å². The normalized spacial score (nSPS) is 15.0. The first-order valence-corrected chi connectivity index (χ1v) is 10.9. The minimum Gasteiger partial charge on any atom is -0.542 e. The van der Waals surface area contributed by atoms with E-state index < -0.39 is 18.0 Å². The molecule has 0 fully saturated rings. The average molecular weight is 502 g/mol. The molecule has 0 radical (unpaired) electrons. The molecular formula is C24H20F4N5O3-. The lowest BCUT2D eigenvalue weighted by Gasteiger charge is -2.26. The Morgan fingerprint density at radius 1 is 1.22 bits per heavy atom. The zero-order valence-corrected chi connectivity index (χ0v) is 18.9. The highest BCUT2D eigenvalue weighted by Gasteiger charge is 2.29. The molecule has 0 amide bonds. The van der Waals surface area contributed by atoms with Crippen molar-refractivity contribution in [1.29, 1.82) is 0 Å². The van der Waals surface area contributed by atoms with E-state index in [1.54, 1.807) is 12.1 Å². The molecule has 2 aromatic heterocycles. The number of fused-ring (bicyclic) bond motifs is 2. The van der Waals surface area contributed by atoms with E-state index in [4.69, 9.17) is 25.4 Å². The predicted octanol–water partition coefficient (Wildman–Crippen LogP) is 3.60. The summed E-state index contributed by atoms with van der Waals surface area (Å²) in [6.45, 7) is 2.75. The molecule has 0 aliphatic carbocycles. The van der Waals surface area contributed by atoms with E-state index in [1.165, 1.54) is 17.8 Å². The van der Waals surface area contributed by atoms with Gasteiger partial charge in [0.2, 0.25) is 5.95 Å². The van der Waals surface area contributed by atoms with Crippen LogP contribution in [0.25, 0.3) is 22.3 Å². The molecule has 0 saturated carbocycles. The SMILES string of the molecule is CCn1c(C2CCc3ccccc3O2)nc2cc(F)c(-c3ccnc(N)n3)cc21.O=C([O-])C(F)(F)F. The van der Waals surface area contributed by atoms with Crippen molar-refractivity contribution < 1.29 is 32.2 Å². The van der Waals surface area contributed by atoms with Gasteiger partial charge in [-0.05, 0) is 43.5 Å². The lowest BCUT2D eigenvalue weighted by Crippen LogP contribution is -2.37. The molecule has 36 heavy (non-hydrogen) atoms. The largest absolute Gasteiger partial charge is 0.542 e. The van der Waals surface area contributed by atoms with Crippen molar-refractivity contribution in [1.82, 2.24) is 19.5 Å². The van der Waals surface area contributed by atoms with E-state index in [2.05, 4.69) is 20.6 Å². The number of imidazole rings is 1. The van der Waals surface area contributed by atoms with Crippen LogP contribution in [0.2, 0.25) is 0 Å². The third-order valence-corrected chi connectivity index (χ3v) is 5.57. The van der Waals surface area contributed by atoms with Gasteiger partial charge in [-0.3, -0.25) is 0 Å². The number of aliphatic carboxylic acids is 1. The maximum Gasteiger partial charge on any atom is 0.430 e. The number of carbonyl (C=O) groups excluding carboxylic acids is 1. The number of carboxylic acids is 1. The molecule has 2 aromatic carbocycles. The van der Waals surface area contributed by atoms with Crippen LogP contribution < -0.4 is 15.6 Å². The monoisotopic (exact) mass is 502 g/mol. The van der Waals surface area contributed by atoms with Crippen molar-refractivity contribution in [3.8, 4) is 17.0 Å².